The number of hydroxylamine groups is 2. The van der Waals surface area contributed by atoms with Crippen LogP contribution >= 0.6 is 21.6 Å². The summed E-state index contributed by atoms with van der Waals surface area (Å²) in [5.74, 6) is -6.11. The molecule has 0 spiro atoms. The molecule has 582 valence electrons. The number of Topliss-reactive ketones (excluding diaryl/α,β-unsaturated/α-hetero) is 4. The highest BCUT2D eigenvalue weighted by Gasteiger charge is 2.35. The summed E-state index contributed by atoms with van der Waals surface area (Å²) < 4.78 is 28.8. The van der Waals surface area contributed by atoms with Crippen molar-refractivity contribution >= 4 is 92.2 Å². The standard InChI is InChI=1S/C70H112N10O19S2.CH5N/c1-50-61(98-70(93)97-50)48-96-69(92)76(37-23-31-59(84)57(73-51(2)81)46-66(89)99-77-64(87)34-35-65(77)88)36-17-12-13-21-44-100-101-63-33-32-53(47-72-63)58(83)30-22-26-54(82)27-24-41-94-42-43-95-49-62(86)74-55(28-15-19-39-79(6,7)8)60(85)45-52(25-14-18-38-78(3,4)5)68(91)75-56(67(71)90)29-16-20-40-80(9,10)11;1-2/h32-33,47,52,55-57H,12-31,34-46,48-49H2,1-11H3,(H2-3,71,73,74,75,81,86,90,91);2H2,1H3/p+3/t52-,55+,56+,57+;/m1./s1. The molecule has 32 heteroatoms. The molecule has 3 heterocycles. The number of carbonyl (C=O) groups excluding carboxylic acids is 12. The van der Waals surface area contributed by atoms with Gasteiger partial charge in [-0.05, 0) is 127 Å². The van der Waals surface area contributed by atoms with Crippen LogP contribution in [-0.4, -0.2) is 253 Å². The third-order valence-corrected chi connectivity index (χ3v) is 18.8. The molecular formula is C71H120N11O19S2+3. The van der Waals surface area contributed by atoms with Crippen LogP contribution in [0.1, 0.15) is 183 Å². The van der Waals surface area contributed by atoms with Gasteiger partial charge in [0.15, 0.2) is 35.5 Å². The first kappa shape index (κ1) is 92.1. The van der Waals surface area contributed by atoms with Crippen molar-refractivity contribution in [2.75, 3.05) is 135 Å². The Morgan fingerprint density at radius 3 is 1.81 bits per heavy atom. The SMILES string of the molecule is CC(=O)N[C@@H](CC(=O)ON1C(=O)CCC1=O)C(=O)CCCN(CCCCCCSSc1ccc(C(=O)CCCC(=O)CCCOCCOCC(=O)N[C@@H](CCCC[N+](C)(C)C)C(=O)C[C@@H](CCCC[N+](C)(C)C)C(=O)N[C@@H](CCCC[N+](C)(C)C)C(N)=O)cn1)C(=O)OCc1oc(=O)oc1C.CN. The van der Waals surface area contributed by atoms with E-state index in [0.717, 1.165) is 89.3 Å². The first-order valence-electron chi connectivity index (χ1n) is 35.8. The summed E-state index contributed by atoms with van der Waals surface area (Å²) in [5, 5.41) is 9.24. The average molecular weight is 1500 g/mol. The van der Waals surface area contributed by atoms with Crippen LogP contribution in [0.4, 0.5) is 4.79 Å². The minimum Gasteiger partial charge on any atom is -0.441 e. The second-order valence-electron chi connectivity index (χ2n) is 28.8. The average Bonchev–Trinajstić information content (AvgIpc) is 1.70. The van der Waals surface area contributed by atoms with Gasteiger partial charge >= 0.3 is 17.9 Å². The molecule has 0 radical (unpaired) electrons. The van der Waals surface area contributed by atoms with Gasteiger partial charge in [-0.2, -0.15) is 0 Å². The van der Waals surface area contributed by atoms with Gasteiger partial charge in [0.05, 0.1) is 115 Å². The summed E-state index contributed by atoms with van der Waals surface area (Å²) in [4.78, 5) is 177. The fraction of sp³-hybridized carbons (Fsp3) is 0.718. The molecule has 1 aliphatic heterocycles. The van der Waals surface area contributed by atoms with E-state index in [0.29, 0.717) is 75.0 Å². The number of aromatic nitrogens is 1. The highest BCUT2D eigenvalue weighted by molar-refractivity contribution is 8.76. The number of ketones is 4. The molecule has 1 fully saturated rings. The predicted octanol–water partition coefficient (Wildman–Crippen LogP) is 5.70. The van der Waals surface area contributed by atoms with E-state index in [1.54, 1.807) is 22.9 Å². The van der Waals surface area contributed by atoms with Crippen molar-refractivity contribution in [3.8, 4) is 0 Å². The lowest BCUT2D eigenvalue weighted by Gasteiger charge is -2.26. The molecule has 1 saturated heterocycles. The summed E-state index contributed by atoms with van der Waals surface area (Å²) in [6.45, 7) is 5.51. The smallest absolute Gasteiger partial charge is 0.441 e. The van der Waals surface area contributed by atoms with Crippen LogP contribution in [0.15, 0.2) is 37.0 Å². The number of nitrogens with one attached hydrogen (secondary N) is 3. The van der Waals surface area contributed by atoms with Gasteiger partial charge in [-0.15, -0.1) is 5.06 Å². The molecule has 4 atom stereocenters. The number of quaternary nitrogens is 3. The summed E-state index contributed by atoms with van der Waals surface area (Å²) in [5.41, 5.74) is 10.7. The van der Waals surface area contributed by atoms with Crippen LogP contribution in [0.5, 0.6) is 0 Å². The number of hydrogen-bond acceptors (Lipinski definition) is 23. The maximum atomic E-state index is 14.1. The van der Waals surface area contributed by atoms with Crippen LogP contribution < -0.4 is 33.2 Å². The largest absolute Gasteiger partial charge is 0.519 e. The van der Waals surface area contributed by atoms with Gasteiger partial charge in [0.2, 0.25) is 23.6 Å². The quantitative estimate of drug-likeness (QED) is 0.0174. The van der Waals surface area contributed by atoms with Crippen molar-refractivity contribution in [3.63, 3.8) is 0 Å². The van der Waals surface area contributed by atoms with Crippen molar-refractivity contribution in [1.82, 2.24) is 30.9 Å². The second kappa shape index (κ2) is 49.7. The van der Waals surface area contributed by atoms with Gasteiger partial charge < -0.3 is 73.6 Å². The number of carbonyl (C=O) groups is 12. The number of nitrogens with zero attached hydrogens (tertiary/aromatic N) is 6. The topological polar surface area (TPSA) is 393 Å². The van der Waals surface area contributed by atoms with Gasteiger partial charge in [-0.3, -0.25) is 47.9 Å². The Hall–Kier alpha value is -6.94. The van der Waals surface area contributed by atoms with Crippen LogP contribution in [0.3, 0.4) is 0 Å². The molecule has 0 saturated carbocycles. The molecule has 0 aromatic carbocycles. The number of hydrogen-bond donors (Lipinski definition) is 5. The Morgan fingerprint density at radius 2 is 1.22 bits per heavy atom. The Bertz CT molecular complexity index is 3040. The molecule has 0 aliphatic carbocycles. The minimum absolute atomic E-state index is 0.00961. The van der Waals surface area contributed by atoms with Crippen LogP contribution in [0.2, 0.25) is 0 Å². The van der Waals surface area contributed by atoms with Crippen molar-refractivity contribution < 1.29 is 98.9 Å². The first-order valence-corrected chi connectivity index (χ1v) is 38.2. The van der Waals surface area contributed by atoms with E-state index in [-0.39, 0.29) is 126 Å². The molecule has 7 N–H and O–H groups in total. The summed E-state index contributed by atoms with van der Waals surface area (Å²) in [7, 11) is 23.4. The minimum atomic E-state index is -1.31. The van der Waals surface area contributed by atoms with Crippen molar-refractivity contribution in [3.05, 3.63) is 46.0 Å². The van der Waals surface area contributed by atoms with Crippen molar-refractivity contribution in [2.45, 2.75) is 198 Å². The fourth-order valence-corrected chi connectivity index (χ4v) is 12.8. The van der Waals surface area contributed by atoms with Crippen LogP contribution in [0.25, 0.3) is 0 Å². The van der Waals surface area contributed by atoms with Crippen LogP contribution in [0, 0.1) is 12.8 Å². The lowest BCUT2D eigenvalue weighted by molar-refractivity contribution is -0.870. The Morgan fingerprint density at radius 1 is 0.631 bits per heavy atom. The highest BCUT2D eigenvalue weighted by Crippen LogP contribution is 2.31. The number of amides is 7. The van der Waals surface area contributed by atoms with Gasteiger partial charge in [-0.1, -0.05) is 23.6 Å². The summed E-state index contributed by atoms with van der Waals surface area (Å²) >= 11 is 0. The van der Waals surface area contributed by atoms with E-state index in [9.17, 15) is 62.3 Å². The molecule has 0 bridgehead atoms. The number of primary amides is 1. The lowest BCUT2D eigenvalue weighted by atomic mass is 9.90. The molecule has 30 nitrogen and oxygen atoms in total. The zero-order chi connectivity index (χ0) is 77.1. The molecule has 103 heavy (non-hydrogen) atoms. The Balaban J connectivity index is 0.0000179. The summed E-state index contributed by atoms with van der Waals surface area (Å²) in [6.07, 6.45) is 10.2. The molecular weight excluding hydrogens is 1370 g/mol. The molecule has 2 aromatic rings. The Labute approximate surface area is 615 Å². The number of pyridine rings is 1. The maximum Gasteiger partial charge on any atom is 0.519 e. The molecule has 1 aliphatic rings. The number of unbranched alkanes of at least 4 members (excludes halogenated alkanes) is 6. The number of rotatable bonds is 56. The maximum absolute atomic E-state index is 14.1. The highest BCUT2D eigenvalue weighted by atomic mass is 33.1. The lowest BCUT2D eigenvalue weighted by Crippen LogP contribution is -2.48. The van der Waals surface area contributed by atoms with E-state index in [2.05, 4.69) is 90.1 Å². The van der Waals surface area contributed by atoms with Gasteiger partial charge in [-0.25, -0.2) is 19.4 Å². The number of nitrogens with two attached hydrogens (primary N) is 2. The third-order valence-electron chi connectivity index (χ3n) is 16.4. The van der Waals surface area contributed by atoms with Gasteiger partial charge in [0.25, 0.3) is 11.8 Å². The van der Waals surface area contributed by atoms with E-state index in [4.69, 9.17) is 33.6 Å². The predicted molar refractivity (Wildman–Crippen MR) is 389 cm³/mol. The second-order valence-corrected chi connectivity index (χ2v) is 31.3. The Kier molecular flexibility index (Phi) is 44.5. The molecule has 7 amide bonds. The first-order chi connectivity index (χ1) is 48.6. The van der Waals surface area contributed by atoms with E-state index < -0.39 is 83.7 Å². The summed E-state index contributed by atoms with van der Waals surface area (Å²) in [6, 6.07) is 0.489. The fourth-order valence-electron chi connectivity index (χ4n) is 10.8. The van der Waals surface area contributed by atoms with E-state index in [1.165, 1.54) is 35.9 Å². The molecule has 2 aromatic heterocycles. The zero-order valence-electron chi connectivity index (χ0n) is 63.2. The van der Waals surface area contributed by atoms with Crippen LogP contribution in [-0.2, 0) is 73.6 Å². The zero-order valence-corrected chi connectivity index (χ0v) is 64.8. The van der Waals surface area contributed by atoms with E-state index in [1.807, 2.05) is 0 Å². The molecule has 3 rings (SSSR count). The number of ether oxygens (including phenoxy) is 3. The van der Waals surface area contributed by atoms with Gasteiger partial charge in [0, 0.05) is 95.0 Å². The normalized spacial score (nSPS) is 13.6. The number of aryl methyl sites for hydroxylation is 1. The van der Waals surface area contributed by atoms with E-state index >= 15 is 0 Å². The van der Waals surface area contributed by atoms with Crippen molar-refractivity contribution in [1.29, 1.82) is 0 Å². The van der Waals surface area contributed by atoms with Gasteiger partial charge in [0.1, 0.15) is 23.5 Å². The number of imide groups is 1. The van der Waals surface area contributed by atoms with Crippen molar-refractivity contribution in [2.24, 2.45) is 17.4 Å². The monoisotopic (exact) mass is 1490 g/mol. The molecule has 0 unspecified atom stereocenters. The third kappa shape index (κ3) is 42.6.